The lowest BCUT2D eigenvalue weighted by atomic mass is 10.00. The van der Waals surface area contributed by atoms with E-state index in [9.17, 15) is 14.4 Å². The van der Waals surface area contributed by atoms with Crippen LogP contribution in [0.2, 0.25) is 0 Å². The molecule has 2 N–H and O–H groups in total. The number of hydrogen-bond donors (Lipinski definition) is 2. The van der Waals surface area contributed by atoms with Crippen molar-refractivity contribution in [2.45, 2.75) is 38.8 Å². The summed E-state index contributed by atoms with van der Waals surface area (Å²) in [4.78, 5) is 37.5. The summed E-state index contributed by atoms with van der Waals surface area (Å²) in [5, 5.41) is 6.21. The van der Waals surface area contributed by atoms with Crippen LogP contribution in [-0.2, 0) is 25.5 Å². The van der Waals surface area contributed by atoms with E-state index in [0.717, 1.165) is 5.56 Å². The Hall–Kier alpha value is -4.17. The standard InChI is InChI=1S/C31H36N2O6/c1-31(2,3)39-28(34)21-32-18-19-38-24-16-14-22(15-17-24)20-27(30(36)37-4)33-26-13-9-8-12-25(26)29(35)23-10-6-5-7-11-23/h5-17,27,32-33H,18-21H2,1-4H3. The molecule has 8 heteroatoms. The molecular formula is C31H36N2O6. The maximum absolute atomic E-state index is 13.1. The quantitative estimate of drug-likeness (QED) is 0.189. The van der Waals surface area contributed by atoms with Gasteiger partial charge in [0.05, 0.1) is 13.7 Å². The highest BCUT2D eigenvalue weighted by molar-refractivity contribution is 6.12. The largest absolute Gasteiger partial charge is 0.492 e. The van der Waals surface area contributed by atoms with Crippen LogP contribution in [-0.4, -0.2) is 56.2 Å². The maximum Gasteiger partial charge on any atom is 0.328 e. The van der Waals surface area contributed by atoms with Crippen molar-refractivity contribution >= 4 is 23.4 Å². The van der Waals surface area contributed by atoms with Crippen LogP contribution in [0.4, 0.5) is 5.69 Å². The fraction of sp³-hybridized carbons (Fsp3) is 0.323. The lowest BCUT2D eigenvalue weighted by molar-refractivity contribution is -0.153. The Labute approximate surface area is 229 Å². The summed E-state index contributed by atoms with van der Waals surface area (Å²) in [5.74, 6) is -0.218. The number of carbonyl (C=O) groups excluding carboxylic acids is 3. The van der Waals surface area contributed by atoms with Crippen LogP contribution in [0.15, 0.2) is 78.9 Å². The van der Waals surface area contributed by atoms with Crippen molar-refractivity contribution < 1.29 is 28.6 Å². The van der Waals surface area contributed by atoms with Gasteiger partial charge in [0, 0.05) is 29.8 Å². The number of para-hydroxylation sites is 1. The van der Waals surface area contributed by atoms with Crippen molar-refractivity contribution in [3.63, 3.8) is 0 Å². The maximum atomic E-state index is 13.1. The molecule has 0 saturated heterocycles. The van der Waals surface area contributed by atoms with E-state index in [1.165, 1.54) is 7.11 Å². The van der Waals surface area contributed by atoms with Gasteiger partial charge in [0.2, 0.25) is 0 Å². The molecule has 0 radical (unpaired) electrons. The minimum Gasteiger partial charge on any atom is -0.492 e. The first kappa shape index (κ1) is 29.4. The van der Waals surface area contributed by atoms with Crippen molar-refractivity contribution in [2.24, 2.45) is 0 Å². The number of anilines is 1. The van der Waals surface area contributed by atoms with Crippen LogP contribution in [0.5, 0.6) is 5.75 Å². The molecule has 3 aromatic rings. The van der Waals surface area contributed by atoms with E-state index in [1.54, 1.807) is 30.3 Å². The van der Waals surface area contributed by atoms with Gasteiger partial charge in [-0.2, -0.15) is 0 Å². The number of ketones is 1. The summed E-state index contributed by atoms with van der Waals surface area (Å²) in [7, 11) is 1.34. The van der Waals surface area contributed by atoms with Gasteiger partial charge in [0.1, 0.15) is 24.0 Å². The van der Waals surface area contributed by atoms with E-state index in [1.807, 2.05) is 69.3 Å². The first-order valence-electron chi connectivity index (χ1n) is 12.8. The topological polar surface area (TPSA) is 103 Å². The number of methoxy groups -OCH3 is 1. The molecule has 0 fully saturated rings. The number of hydrogen-bond acceptors (Lipinski definition) is 8. The van der Waals surface area contributed by atoms with E-state index in [0.29, 0.717) is 42.1 Å². The molecule has 0 heterocycles. The molecule has 0 spiro atoms. The number of rotatable bonds is 13. The summed E-state index contributed by atoms with van der Waals surface area (Å²) in [6.07, 6.45) is 0.345. The van der Waals surface area contributed by atoms with Crippen molar-refractivity contribution in [1.82, 2.24) is 5.32 Å². The predicted octanol–water partition coefficient (Wildman–Crippen LogP) is 4.42. The zero-order valence-corrected chi connectivity index (χ0v) is 22.9. The third-order valence-corrected chi connectivity index (χ3v) is 5.62. The number of benzene rings is 3. The van der Waals surface area contributed by atoms with Crippen LogP contribution >= 0.6 is 0 Å². The number of esters is 2. The number of ether oxygens (including phenoxy) is 3. The molecule has 0 aromatic heterocycles. The fourth-order valence-electron chi connectivity index (χ4n) is 3.84. The number of nitrogens with one attached hydrogen (secondary N) is 2. The van der Waals surface area contributed by atoms with E-state index < -0.39 is 17.6 Å². The molecule has 1 unspecified atom stereocenters. The summed E-state index contributed by atoms with van der Waals surface area (Å²) < 4.78 is 16.0. The summed E-state index contributed by atoms with van der Waals surface area (Å²) in [6.45, 7) is 6.45. The lowest BCUT2D eigenvalue weighted by Gasteiger charge is -2.20. The Bertz CT molecular complexity index is 1240. The smallest absolute Gasteiger partial charge is 0.328 e. The highest BCUT2D eigenvalue weighted by Crippen LogP contribution is 2.22. The van der Waals surface area contributed by atoms with Crippen LogP contribution in [0, 0.1) is 0 Å². The molecule has 39 heavy (non-hydrogen) atoms. The van der Waals surface area contributed by atoms with Crippen molar-refractivity contribution in [3.8, 4) is 5.75 Å². The fourth-order valence-corrected chi connectivity index (χ4v) is 3.84. The van der Waals surface area contributed by atoms with Crippen LogP contribution in [0.1, 0.15) is 42.3 Å². The van der Waals surface area contributed by atoms with Crippen molar-refractivity contribution in [2.75, 3.05) is 32.1 Å². The lowest BCUT2D eigenvalue weighted by Crippen LogP contribution is -2.33. The minimum absolute atomic E-state index is 0.113. The first-order valence-corrected chi connectivity index (χ1v) is 12.8. The zero-order chi connectivity index (χ0) is 28.3. The molecule has 3 aromatic carbocycles. The van der Waals surface area contributed by atoms with E-state index in [-0.39, 0.29) is 18.3 Å². The molecular weight excluding hydrogens is 496 g/mol. The molecule has 8 nitrogen and oxygen atoms in total. The molecule has 0 aliphatic rings. The Morgan fingerprint density at radius 1 is 0.872 bits per heavy atom. The van der Waals surface area contributed by atoms with Gasteiger partial charge in [-0.1, -0.05) is 54.6 Å². The first-order chi connectivity index (χ1) is 18.7. The van der Waals surface area contributed by atoms with Gasteiger partial charge in [-0.15, -0.1) is 0 Å². The molecule has 1 atom stereocenters. The average Bonchev–Trinajstić information content (AvgIpc) is 2.92. The molecule has 0 aliphatic heterocycles. The third kappa shape index (κ3) is 9.57. The second kappa shape index (κ2) is 14.1. The highest BCUT2D eigenvalue weighted by Gasteiger charge is 2.22. The highest BCUT2D eigenvalue weighted by atomic mass is 16.6. The molecule has 0 aliphatic carbocycles. The second-order valence-electron chi connectivity index (χ2n) is 9.92. The Balaban J connectivity index is 1.58. The molecule has 0 bridgehead atoms. The average molecular weight is 533 g/mol. The van der Waals surface area contributed by atoms with E-state index in [4.69, 9.17) is 14.2 Å². The SMILES string of the molecule is COC(=O)C(Cc1ccc(OCCNCC(=O)OC(C)(C)C)cc1)Nc1ccccc1C(=O)c1ccccc1. The molecule has 206 valence electrons. The van der Waals surface area contributed by atoms with Gasteiger partial charge in [-0.05, 0) is 50.6 Å². The van der Waals surface area contributed by atoms with Crippen molar-refractivity contribution in [1.29, 1.82) is 0 Å². The zero-order valence-electron chi connectivity index (χ0n) is 22.9. The van der Waals surface area contributed by atoms with Crippen LogP contribution < -0.4 is 15.4 Å². The van der Waals surface area contributed by atoms with Crippen LogP contribution in [0.25, 0.3) is 0 Å². The van der Waals surface area contributed by atoms with Crippen LogP contribution in [0.3, 0.4) is 0 Å². The van der Waals surface area contributed by atoms with Gasteiger partial charge >= 0.3 is 11.9 Å². The molecule has 0 amide bonds. The summed E-state index contributed by atoms with van der Waals surface area (Å²) in [6, 6.07) is 22.8. The van der Waals surface area contributed by atoms with Gasteiger partial charge in [-0.25, -0.2) is 4.79 Å². The normalized spacial score (nSPS) is 11.8. The molecule has 0 saturated carbocycles. The molecule has 3 rings (SSSR count). The second-order valence-corrected chi connectivity index (χ2v) is 9.92. The Morgan fingerprint density at radius 3 is 2.21 bits per heavy atom. The van der Waals surface area contributed by atoms with Gasteiger partial charge in [0.25, 0.3) is 0 Å². The van der Waals surface area contributed by atoms with E-state index in [2.05, 4.69) is 10.6 Å². The van der Waals surface area contributed by atoms with Crippen molar-refractivity contribution in [3.05, 3.63) is 95.6 Å². The number of carbonyl (C=O) groups is 3. The minimum atomic E-state index is -0.705. The predicted molar refractivity (Wildman–Crippen MR) is 150 cm³/mol. The van der Waals surface area contributed by atoms with Gasteiger partial charge < -0.3 is 24.8 Å². The summed E-state index contributed by atoms with van der Waals surface area (Å²) in [5.41, 5.74) is 1.97. The Morgan fingerprint density at radius 2 is 1.54 bits per heavy atom. The summed E-state index contributed by atoms with van der Waals surface area (Å²) >= 11 is 0. The monoisotopic (exact) mass is 532 g/mol. The third-order valence-electron chi connectivity index (χ3n) is 5.62. The van der Waals surface area contributed by atoms with E-state index >= 15 is 0 Å². The Kier molecular flexibility index (Phi) is 10.6. The van der Waals surface area contributed by atoms with Gasteiger partial charge in [0.15, 0.2) is 5.78 Å². The van der Waals surface area contributed by atoms with Gasteiger partial charge in [-0.3, -0.25) is 9.59 Å².